The lowest BCUT2D eigenvalue weighted by Gasteiger charge is -2.41. The third-order valence-electron chi connectivity index (χ3n) is 6.68. The van der Waals surface area contributed by atoms with Gasteiger partial charge in [-0.05, 0) is 50.3 Å². The summed E-state index contributed by atoms with van der Waals surface area (Å²) < 4.78 is 18.8. The fourth-order valence-electron chi connectivity index (χ4n) is 4.35. The summed E-state index contributed by atoms with van der Waals surface area (Å²) in [6, 6.07) is 7.91. The lowest BCUT2D eigenvalue weighted by atomic mass is 10.0. The zero-order valence-electron chi connectivity index (χ0n) is 22.4. The number of carbonyl (C=O) groups is 1. The van der Waals surface area contributed by atoms with Gasteiger partial charge in [-0.3, -0.25) is 14.6 Å². The van der Waals surface area contributed by atoms with Crippen molar-refractivity contribution in [1.29, 1.82) is 0 Å². The van der Waals surface area contributed by atoms with E-state index in [9.17, 15) is 9.18 Å². The average Bonchev–Trinajstić information content (AvgIpc) is 2.93. The van der Waals surface area contributed by atoms with Crippen molar-refractivity contribution in [2.45, 2.75) is 19.4 Å². The molecule has 1 aliphatic heterocycles. The second-order valence-electron chi connectivity index (χ2n) is 9.71. The lowest BCUT2D eigenvalue weighted by molar-refractivity contribution is -0.111. The van der Waals surface area contributed by atoms with Gasteiger partial charge in [-0.1, -0.05) is 30.0 Å². The van der Waals surface area contributed by atoms with Crippen LogP contribution < -0.4 is 10.6 Å². The quantitative estimate of drug-likeness (QED) is 0.311. The summed E-state index contributed by atoms with van der Waals surface area (Å²) in [6.07, 6.45) is 2.64. The van der Waals surface area contributed by atoms with E-state index in [-0.39, 0.29) is 16.5 Å². The Morgan fingerprint density at radius 3 is 2.69 bits per heavy atom. The van der Waals surface area contributed by atoms with Crippen molar-refractivity contribution >= 4 is 45.6 Å². The summed E-state index contributed by atoms with van der Waals surface area (Å²) in [7, 11) is 1.72. The number of amides is 1. The number of halogens is 2. The van der Waals surface area contributed by atoms with Crippen LogP contribution in [-0.2, 0) is 9.53 Å². The summed E-state index contributed by atoms with van der Waals surface area (Å²) in [5.74, 6) is 6.30. The van der Waals surface area contributed by atoms with Crippen LogP contribution in [0, 0.1) is 17.7 Å². The first-order chi connectivity index (χ1) is 18.7. The molecule has 2 heterocycles. The Morgan fingerprint density at radius 1 is 1.23 bits per heavy atom. The minimum absolute atomic E-state index is 0.00568. The summed E-state index contributed by atoms with van der Waals surface area (Å²) in [5.41, 5.74) is 1.94. The Morgan fingerprint density at radius 2 is 2.00 bits per heavy atom. The molecule has 4 rings (SSSR count). The van der Waals surface area contributed by atoms with Crippen molar-refractivity contribution in [3.8, 4) is 11.8 Å². The van der Waals surface area contributed by atoms with E-state index < -0.39 is 5.82 Å². The van der Waals surface area contributed by atoms with Gasteiger partial charge in [0.2, 0.25) is 5.91 Å². The molecule has 1 aliphatic rings. The van der Waals surface area contributed by atoms with Crippen LogP contribution in [0.4, 0.5) is 21.6 Å². The number of fused-ring (bicyclic) bond motifs is 1. The van der Waals surface area contributed by atoms with Gasteiger partial charge >= 0.3 is 0 Å². The fourth-order valence-corrected chi connectivity index (χ4v) is 4.53. The van der Waals surface area contributed by atoms with E-state index >= 15 is 0 Å². The minimum atomic E-state index is -0.511. The Hall–Kier alpha value is -3.55. The molecule has 2 N–H and O–H groups in total. The van der Waals surface area contributed by atoms with Crippen molar-refractivity contribution in [2.24, 2.45) is 0 Å². The number of methoxy groups -OCH3 is 1. The molecule has 1 amide bonds. The highest BCUT2D eigenvalue weighted by molar-refractivity contribution is 6.31. The predicted octanol–water partition coefficient (Wildman–Crippen LogP) is 4.68. The molecule has 3 aromatic rings. The zero-order valence-corrected chi connectivity index (χ0v) is 23.1. The second-order valence-corrected chi connectivity index (χ2v) is 10.1. The SMILES string of the molecule is C=CC(=O)Nc1cc2c(Nc3ccc(F)c(Cl)c3)ncnc2cc1C#CC(C)(C)N1CCN(CCOC)CC1. The Bertz CT molecular complexity index is 1430. The smallest absolute Gasteiger partial charge is 0.247 e. The van der Waals surface area contributed by atoms with Crippen LogP contribution in [0.1, 0.15) is 19.4 Å². The first-order valence-electron chi connectivity index (χ1n) is 12.6. The molecule has 1 saturated heterocycles. The number of benzene rings is 2. The molecule has 8 nitrogen and oxygen atoms in total. The van der Waals surface area contributed by atoms with Crippen molar-refractivity contribution in [3.63, 3.8) is 0 Å². The third kappa shape index (κ3) is 7.11. The van der Waals surface area contributed by atoms with E-state index in [2.05, 4.69) is 62.7 Å². The molecule has 39 heavy (non-hydrogen) atoms. The Kier molecular flexibility index (Phi) is 9.15. The highest BCUT2D eigenvalue weighted by Gasteiger charge is 2.28. The molecular weight excluding hydrogens is 519 g/mol. The summed E-state index contributed by atoms with van der Waals surface area (Å²) >= 11 is 5.94. The van der Waals surface area contributed by atoms with Gasteiger partial charge in [0, 0.05) is 50.9 Å². The monoisotopic (exact) mass is 550 g/mol. The van der Waals surface area contributed by atoms with Gasteiger partial charge in [-0.25, -0.2) is 14.4 Å². The van der Waals surface area contributed by atoms with Crippen LogP contribution in [0.3, 0.4) is 0 Å². The molecule has 2 aromatic carbocycles. The van der Waals surface area contributed by atoms with Gasteiger partial charge in [0.25, 0.3) is 0 Å². The number of nitrogens with one attached hydrogen (secondary N) is 2. The van der Waals surface area contributed by atoms with Gasteiger partial charge in [-0.15, -0.1) is 0 Å². The number of nitrogens with zero attached hydrogens (tertiary/aromatic N) is 4. The molecule has 10 heteroatoms. The van der Waals surface area contributed by atoms with Gasteiger partial charge in [0.05, 0.1) is 33.9 Å². The fraction of sp³-hybridized carbons (Fsp3) is 0.345. The molecule has 0 spiro atoms. The van der Waals surface area contributed by atoms with Crippen LogP contribution >= 0.6 is 11.6 Å². The molecular formula is C29H32ClFN6O2. The second kappa shape index (κ2) is 12.5. The zero-order chi connectivity index (χ0) is 28.0. The first-order valence-corrected chi connectivity index (χ1v) is 13.0. The van der Waals surface area contributed by atoms with Gasteiger partial charge in [0.1, 0.15) is 18.0 Å². The molecule has 0 unspecified atom stereocenters. The number of hydrogen-bond donors (Lipinski definition) is 2. The number of rotatable bonds is 8. The van der Waals surface area contributed by atoms with Crippen LogP contribution in [0.15, 0.2) is 49.3 Å². The van der Waals surface area contributed by atoms with Crippen LogP contribution in [0.2, 0.25) is 5.02 Å². The summed E-state index contributed by atoms with van der Waals surface area (Å²) in [6.45, 7) is 13.1. The van der Waals surface area contributed by atoms with Crippen LogP contribution in [0.5, 0.6) is 0 Å². The molecule has 0 saturated carbocycles. The maximum atomic E-state index is 13.6. The van der Waals surface area contributed by atoms with E-state index in [0.29, 0.717) is 33.7 Å². The van der Waals surface area contributed by atoms with E-state index in [0.717, 1.165) is 39.3 Å². The van der Waals surface area contributed by atoms with Crippen molar-refractivity contribution in [2.75, 3.05) is 57.1 Å². The number of aromatic nitrogens is 2. The number of piperazine rings is 1. The van der Waals surface area contributed by atoms with Crippen molar-refractivity contribution in [1.82, 2.24) is 19.8 Å². The third-order valence-corrected chi connectivity index (χ3v) is 6.97. The van der Waals surface area contributed by atoms with E-state index in [4.69, 9.17) is 16.3 Å². The highest BCUT2D eigenvalue weighted by atomic mass is 35.5. The molecule has 0 aliphatic carbocycles. The molecule has 1 fully saturated rings. The normalized spacial score (nSPS) is 14.5. The van der Waals surface area contributed by atoms with E-state index in [1.165, 1.54) is 24.5 Å². The number of carbonyl (C=O) groups excluding carboxylic acids is 1. The van der Waals surface area contributed by atoms with Crippen LogP contribution in [0.25, 0.3) is 10.9 Å². The van der Waals surface area contributed by atoms with E-state index in [1.54, 1.807) is 19.2 Å². The standard InChI is InChI=1S/C29H32ClFN6O2/c1-5-27(38)35-25-18-22-26(32-19-33-28(22)34-21-6-7-24(31)23(30)17-21)16-20(25)8-9-29(2,3)37-12-10-36(11-13-37)14-15-39-4/h5-7,16-19H,1,10-15H2,2-4H3,(H,35,38)(H,32,33,34). The number of anilines is 3. The summed E-state index contributed by atoms with van der Waals surface area (Å²) in [4.78, 5) is 25.8. The average molecular weight is 551 g/mol. The number of ether oxygens (including phenoxy) is 1. The summed E-state index contributed by atoms with van der Waals surface area (Å²) in [5, 5.41) is 6.65. The Balaban J connectivity index is 1.64. The van der Waals surface area contributed by atoms with Crippen molar-refractivity contribution in [3.05, 3.63) is 65.7 Å². The van der Waals surface area contributed by atoms with Gasteiger partial charge in [0.15, 0.2) is 0 Å². The first kappa shape index (κ1) is 28.5. The largest absolute Gasteiger partial charge is 0.383 e. The maximum Gasteiger partial charge on any atom is 0.247 e. The minimum Gasteiger partial charge on any atom is -0.383 e. The Labute approximate surface area is 233 Å². The molecule has 0 radical (unpaired) electrons. The number of hydrogen-bond acceptors (Lipinski definition) is 7. The van der Waals surface area contributed by atoms with E-state index in [1.807, 2.05) is 6.07 Å². The maximum absolute atomic E-state index is 13.6. The highest BCUT2D eigenvalue weighted by Crippen LogP contribution is 2.30. The van der Waals surface area contributed by atoms with Crippen LogP contribution in [-0.4, -0.2) is 77.7 Å². The topological polar surface area (TPSA) is 82.6 Å². The molecule has 0 atom stereocenters. The lowest BCUT2D eigenvalue weighted by Crippen LogP contribution is -2.54. The van der Waals surface area contributed by atoms with Gasteiger partial charge < -0.3 is 15.4 Å². The van der Waals surface area contributed by atoms with Crippen molar-refractivity contribution < 1.29 is 13.9 Å². The molecule has 0 bridgehead atoms. The molecule has 1 aromatic heterocycles. The predicted molar refractivity (Wildman–Crippen MR) is 154 cm³/mol. The molecule has 204 valence electrons. The van der Waals surface area contributed by atoms with Gasteiger partial charge in [-0.2, -0.15) is 0 Å².